The number of nitrogen functional groups attached to an aromatic ring is 1. The number of pyridine rings is 1. The van der Waals surface area contributed by atoms with Crippen molar-refractivity contribution >= 4 is 28.8 Å². The number of hydrogen-bond donors (Lipinski definition) is 2. The number of hydrogen-bond acceptors (Lipinski definition) is 3. The van der Waals surface area contributed by atoms with Gasteiger partial charge in [0.2, 0.25) is 0 Å². The molecule has 76 valence electrons. The van der Waals surface area contributed by atoms with Gasteiger partial charge in [-0.1, -0.05) is 29.8 Å². The Morgan fingerprint density at radius 2 is 1.93 bits per heavy atom. The fraction of sp³-hybridized carbons (Fsp3) is 0. The van der Waals surface area contributed by atoms with Crippen LogP contribution in [0.2, 0.25) is 5.02 Å². The van der Waals surface area contributed by atoms with Gasteiger partial charge in [0.05, 0.1) is 16.9 Å². The minimum absolute atomic E-state index is 0.482. The zero-order valence-corrected chi connectivity index (χ0v) is 8.70. The van der Waals surface area contributed by atoms with Gasteiger partial charge in [-0.2, -0.15) is 0 Å². The molecule has 0 saturated carbocycles. The predicted molar refractivity (Wildman–Crippen MR) is 63.4 cm³/mol. The van der Waals surface area contributed by atoms with Crippen LogP contribution in [0.25, 0.3) is 0 Å². The number of halogens is 1. The molecule has 3 N–H and O–H groups in total. The van der Waals surface area contributed by atoms with Crippen LogP contribution in [-0.4, -0.2) is 4.98 Å². The van der Waals surface area contributed by atoms with Gasteiger partial charge in [0.1, 0.15) is 5.82 Å². The number of nitrogens with one attached hydrogen (secondary N) is 1. The molecule has 0 radical (unpaired) electrons. The third-order valence-corrected chi connectivity index (χ3v) is 2.26. The van der Waals surface area contributed by atoms with Crippen molar-refractivity contribution in [2.45, 2.75) is 0 Å². The van der Waals surface area contributed by atoms with Crippen molar-refractivity contribution in [1.29, 1.82) is 0 Å². The molecule has 0 aliphatic heterocycles. The fourth-order valence-electron chi connectivity index (χ4n) is 1.18. The monoisotopic (exact) mass is 219 g/mol. The van der Waals surface area contributed by atoms with Crippen molar-refractivity contribution in [3.8, 4) is 0 Å². The number of nitrogens with zero attached hydrogens (tertiary/aromatic N) is 1. The van der Waals surface area contributed by atoms with Crippen LogP contribution >= 0.6 is 11.6 Å². The summed E-state index contributed by atoms with van der Waals surface area (Å²) in [6, 6.07) is 11.4. The van der Waals surface area contributed by atoms with Gasteiger partial charge in [0.15, 0.2) is 0 Å². The predicted octanol–water partition coefficient (Wildman–Crippen LogP) is 3.06. The highest BCUT2D eigenvalue weighted by molar-refractivity contribution is 6.33. The maximum absolute atomic E-state index is 5.88. The molecule has 2 rings (SSSR count). The van der Waals surface area contributed by atoms with E-state index in [4.69, 9.17) is 17.3 Å². The zero-order chi connectivity index (χ0) is 10.7. The number of rotatable bonds is 2. The molecule has 0 atom stereocenters. The molecule has 1 aromatic heterocycles. The Kier molecular flexibility index (Phi) is 2.74. The summed E-state index contributed by atoms with van der Waals surface area (Å²) in [4.78, 5) is 4.11. The van der Waals surface area contributed by atoms with Gasteiger partial charge in [-0.3, -0.25) is 0 Å². The quantitative estimate of drug-likeness (QED) is 0.816. The summed E-state index contributed by atoms with van der Waals surface area (Å²) in [7, 11) is 0. The van der Waals surface area contributed by atoms with E-state index < -0.39 is 0 Å². The first kappa shape index (κ1) is 9.80. The zero-order valence-electron chi connectivity index (χ0n) is 7.94. The Morgan fingerprint density at radius 3 is 2.60 bits per heavy atom. The van der Waals surface area contributed by atoms with E-state index in [1.54, 1.807) is 6.07 Å². The maximum atomic E-state index is 5.88. The second-order valence-corrected chi connectivity index (χ2v) is 3.49. The topological polar surface area (TPSA) is 50.9 Å². The molecule has 0 aliphatic rings. The van der Waals surface area contributed by atoms with Crippen molar-refractivity contribution in [1.82, 2.24) is 4.98 Å². The minimum atomic E-state index is 0.482. The number of nitrogens with two attached hydrogens (primary N) is 1. The van der Waals surface area contributed by atoms with Crippen LogP contribution in [0.3, 0.4) is 0 Å². The van der Waals surface area contributed by atoms with E-state index in [0.717, 1.165) is 5.69 Å². The first-order valence-corrected chi connectivity index (χ1v) is 4.86. The Hall–Kier alpha value is -1.74. The molecule has 0 fully saturated rings. The lowest BCUT2D eigenvalue weighted by Crippen LogP contribution is -1.95. The molecule has 0 unspecified atom stereocenters. The van der Waals surface area contributed by atoms with E-state index in [9.17, 15) is 0 Å². The summed E-state index contributed by atoms with van der Waals surface area (Å²) < 4.78 is 0. The number of para-hydroxylation sites is 1. The van der Waals surface area contributed by atoms with Gasteiger partial charge in [-0.15, -0.1) is 0 Å². The first-order valence-electron chi connectivity index (χ1n) is 4.49. The Balaban J connectivity index is 2.22. The third kappa shape index (κ3) is 2.39. The number of benzene rings is 1. The minimum Gasteiger partial charge on any atom is -0.396 e. The van der Waals surface area contributed by atoms with Crippen LogP contribution in [0.1, 0.15) is 0 Å². The molecule has 4 heteroatoms. The van der Waals surface area contributed by atoms with Gasteiger partial charge in [-0.05, 0) is 12.1 Å². The van der Waals surface area contributed by atoms with Gasteiger partial charge in [0, 0.05) is 11.8 Å². The Bertz CT molecular complexity index is 457. The lowest BCUT2D eigenvalue weighted by Gasteiger charge is -2.06. The number of anilines is 3. The summed E-state index contributed by atoms with van der Waals surface area (Å²) in [5, 5.41) is 3.62. The molecule has 0 bridgehead atoms. The largest absolute Gasteiger partial charge is 0.396 e. The summed E-state index contributed by atoms with van der Waals surface area (Å²) in [6.07, 6.45) is 1.54. The van der Waals surface area contributed by atoms with E-state index in [-0.39, 0.29) is 0 Å². The van der Waals surface area contributed by atoms with Crippen molar-refractivity contribution in [3.05, 3.63) is 47.6 Å². The molecule has 0 saturated heterocycles. The van der Waals surface area contributed by atoms with Crippen LogP contribution in [0, 0.1) is 0 Å². The summed E-state index contributed by atoms with van der Waals surface area (Å²) in [5.41, 5.74) is 7.01. The molecule has 0 spiro atoms. The molecule has 0 amide bonds. The van der Waals surface area contributed by atoms with Crippen LogP contribution in [0.4, 0.5) is 17.2 Å². The van der Waals surface area contributed by atoms with Gasteiger partial charge >= 0.3 is 0 Å². The van der Waals surface area contributed by atoms with Crippen LogP contribution in [0.5, 0.6) is 0 Å². The van der Waals surface area contributed by atoms with E-state index in [1.807, 2.05) is 30.3 Å². The summed E-state index contributed by atoms with van der Waals surface area (Å²) >= 11 is 5.88. The second kappa shape index (κ2) is 4.19. The SMILES string of the molecule is Nc1cnc(Nc2ccccc2)cc1Cl. The highest BCUT2D eigenvalue weighted by atomic mass is 35.5. The summed E-state index contributed by atoms with van der Waals surface area (Å²) in [6.45, 7) is 0. The average Bonchev–Trinajstić information content (AvgIpc) is 2.25. The van der Waals surface area contributed by atoms with E-state index in [1.165, 1.54) is 6.20 Å². The van der Waals surface area contributed by atoms with Crippen molar-refractivity contribution in [2.75, 3.05) is 11.1 Å². The third-order valence-electron chi connectivity index (χ3n) is 1.93. The lowest BCUT2D eigenvalue weighted by molar-refractivity contribution is 1.31. The average molecular weight is 220 g/mol. The van der Waals surface area contributed by atoms with Crippen molar-refractivity contribution in [2.24, 2.45) is 0 Å². The normalized spacial score (nSPS) is 9.93. The second-order valence-electron chi connectivity index (χ2n) is 3.08. The molecule has 1 aromatic carbocycles. The van der Waals surface area contributed by atoms with Gasteiger partial charge in [-0.25, -0.2) is 4.98 Å². The van der Waals surface area contributed by atoms with E-state index in [0.29, 0.717) is 16.5 Å². The molecule has 15 heavy (non-hydrogen) atoms. The molecule has 1 heterocycles. The Labute approximate surface area is 92.9 Å². The molecule has 0 aliphatic carbocycles. The molecular weight excluding hydrogens is 210 g/mol. The van der Waals surface area contributed by atoms with Gasteiger partial charge in [0.25, 0.3) is 0 Å². The molecular formula is C11H10ClN3. The highest BCUT2D eigenvalue weighted by Gasteiger charge is 1.99. The highest BCUT2D eigenvalue weighted by Crippen LogP contribution is 2.22. The molecule has 2 aromatic rings. The van der Waals surface area contributed by atoms with Crippen molar-refractivity contribution in [3.63, 3.8) is 0 Å². The van der Waals surface area contributed by atoms with Crippen LogP contribution in [0.15, 0.2) is 42.6 Å². The fourth-order valence-corrected chi connectivity index (χ4v) is 1.33. The van der Waals surface area contributed by atoms with Gasteiger partial charge < -0.3 is 11.1 Å². The van der Waals surface area contributed by atoms with E-state index in [2.05, 4.69) is 10.3 Å². The first-order chi connectivity index (χ1) is 7.25. The van der Waals surface area contributed by atoms with Crippen molar-refractivity contribution < 1.29 is 0 Å². The van der Waals surface area contributed by atoms with Crippen LogP contribution in [-0.2, 0) is 0 Å². The smallest absolute Gasteiger partial charge is 0.131 e. The molecule has 3 nitrogen and oxygen atoms in total. The standard InChI is InChI=1S/C11H10ClN3/c12-9-6-11(14-7-10(9)13)15-8-4-2-1-3-5-8/h1-7H,13H2,(H,14,15). The number of aromatic nitrogens is 1. The maximum Gasteiger partial charge on any atom is 0.131 e. The van der Waals surface area contributed by atoms with E-state index >= 15 is 0 Å². The lowest BCUT2D eigenvalue weighted by atomic mass is 10.3. The Morgan fingerprint density at radius 1 is 1.20 bits per heavy atom. The summed E-state index contributed by atoms with van der Waals surface area (Å²) in [5.74, 6) is 0.681. The van der Waals surface area contributed by atoms with Crippen LogP contribution < -0.4 is 11.1 Å².